The third-order valence-electron chi connectivity index (χ3n) is 9.90. The lowest BCUT2D eigenvalue weighted by Crippen LogP contribution is -2.12. The summed E-state index contributed by atoms with van der Waals surface area (Å²) in [7, 11) is 0. The highest BCUT2D eigenvalue weighted by molar-refractivity contribution is 6.29. The predicted octanol–water partition coefficient (Wildman–Crippen LogP) is 12.2. The normalized spacial score (nSPS) is 13.0. The third-order valence-corrected chi connectivity index (χ3v) is 9.90. The summed E-state index contributed by atoms with van der Waals surface area (Å²) >= 11 is 0. The zero-order valence-corrected chi connectivity index (χ0v) is 27.1. The number of fused-ring (bicyclic) bond motifs is 8. The number of benzene rings is 6. The van der Waals surface area contributed by atoms with Crippen LogP contribution in [-0.2, 0) is 10.8 Å². The molecule has 0 N–H and O–H groups in total. The van der Waals surface area contributed by atoms with E-state index in [2.05, 4.69) is 140 Å². The van der Waals surface area contributed by atoms with Crippen LogP contribution in [-0.4, -0.2) is 4.98 Å². The zero-order valence-electron chi connectivity index (χ0n) is 27.1. The Bertz CT molecular complexity index is 2350. The Labute approximate surface area is 260 Å². The molecule has 0 spiro atoms. The molecule has 0 unspecified atom stereocenters. The van der Waals surface area contributed by atoms with Crippen LogP contribution in [0.2, 0.25) is 0 Å². The van der Waals surface area contributed by atoms with E-state index in [4.69, 9.17) is 4.98 Å². The molecule has 7 aromatic rings. The lowest BCUT2D eigenvalue weighted by molar-refractivity contribution is 0.589. The highest BCUT2D eigenvalue weighted by Crippen LogP contribution is 2.51. The summed E-state index contributed by atoms with van der Waals surface area (Å²) in [6, 6.07) is 32.8. The van der Waals surface area contributed by atoms with E-state index in [1.54, 1.807) is 0 Å². The van der Waals surface area contributed by atoms with Crippen molar-refractivity contribution in [2.24, 2.45) is 0 Å². The fraction of sp³-hybridized carbons (Fsp3) is 0.233. The third kappa shape index (κ3) is 3.88. The number of pyridine rings is 1. The van der Waals surface area contributed by atoms with Crippen LogP contribution in [0.3, 0.4) is 0 Å². The lowest BCUT2D eigenvalue weighted by atomic mass is 9.80. The number of nitrogens with zero attached hydrogens (tertiary/aromatic N) is 1. The SMILES string of the molecule is Cc1ccc2c(c1)c(-c1cc(C(C)(C)C)cc3cc(C(C)(C)C)ccc13)cc1c3ccc(C)c4c3c(cc21)-c1ncccc1-4. The van der Waals surface area contributed by atoms with E-state index in [1.807, 2.05) is 6.20 Å². The van der Waals surface area contributed by atoms with Crippen molar-refractivity contribution < 1.29 is 0 Å². The molecule has 6 aromatic carbocycles. The maximum Gasteiger partial charge on any atom is 0.0787 e. The van der Waals surface area contributed by atoms with Gasteiger partial charge in [-0.05, 0) is 125 Å². The van der Waals surface area contributed by atoms with Crippen molar-refractivity contribution in [1.29, 1.82) is 0 Å². The average Bonchev–Trinajstić information content (AvgIpc) is 3.32. The Morgan fingerprint density at radius 2 is 1.16 bits per heavy atom. The zero-order chi connectivity index (χ0) is 30.7. The Balaban J connectivity index is 1.55. The van der Waals surface area contributed by atoms with Gasteiger partial charge in [-0.15, -0.1) is 0 Å². The first kappa shape index (κ1) is 27.1. The molecule has 1 aliphatic rings. The van der Waals surface area contributed by atoms with Crippen LogP contribution in [0, 0.1) is 13.8 Å². The first-order valence-electron chi connectivity index (χ1n) is 15.9. The van der Waals surface area contributed by atoms with Gasteiger partial charge in [-0.1, -0.05) is 108 Å². The number of rotatable bonds is 1. The summed E-state index contributed by atoms with van der Waals surface area (Å²) in [6.45, 7) is 18.3. The molecule has 1 aliphatic carbocycles. The van der Waals surface area contributed by atoms with Crippen LogP contribution in [0.15, 0.2) is 91.1 Å². The maximum absolute atomic E-state index is 4.90. The van der Waals surface area contributed by atoms with Crippen LogP contribution >= 0.6 is 0 Å². The molecule has 216 valence electrons. The largest absolute Gasteiger partial charge is 0.256 e. The van der Waals surface area contributed by atoms with E-state index >= 15 is 0 Å². The van der Waals surface area contributed by atoms with Crippen LogP contribution in [0.4, 0.5) is 0 Å². The maximum atomic E-state index is 4.90. The van der Waals surface area contributed by atoms with Gasteiger partial charge in [-0.25, -0.2) is 0 Å². The fourth-order valence-corrected chi connectivity index (χ4v) is 7.44. The summed E-state index contributed by atoms with van der Waals surface area (Å²) < 4.78 is 0. The van der Waals surface area contributed by atoms with Crippen LogP contribution in [0.5, 0.6) is 0 Å². The Morgan fingerprint density at radius 3 is 1.93 bits per heavy atom. The molecular formula is C43H39N. The second-order valence-corrected chi connectivity index (χ2v) is 15.0. The second-order valence-electron chi connectivity index (χ2n) is 15.0. The molecule has 44 heavy (non-hydrogen) atoms. The van der Waals surface area contributed by atoms with Crippen molar-refractivity contribution in [3.05, 3.63) is 113 Å². The summed E-state index contributed by atoms with van der Waals surface area (Å²) in [6.07, 6.45) is 1.93. The van der Waals surface area contributed by atoms with Gasteiger partial charge >= 0.3 is 0 Å². The van der Waals surface area contributed by atoms with Gasteiger partial charge < -0.3 is 0 Å². The molecule has 0 atom stereocenters. The molecule has 8 rings (SSSR count). The van der Waals surface area contributed by atoms with Gasteiger partial charge in [0.25, 0.3) is 0 Å². The predicted molar refractivity (Wildman–Crippen MR) is 191 cm³/mol. The van der Waals surface area contributed by atoms with E-state index in [9.17, 15) is 0 Å². The molecule has 0 aliphatic heterocycles. The number of hydrogen-bond acceptors (Lipinski definition) is 1. The van der Waals surface area contributed by atoms with Gasteiger partial charge in [0.1, 0.15) is 0 Å². The quantitative estimate of drug-likeness (QED) is 0.179. The molecule has 0 saturated heterocycles. The molecular weight excluding hydrogens is 530 g/mol. The molecule has 0 saturated carbocycles. The monoisotopic (exact) mass is 569 g/mol. The Morgan fingerprint density at radius 1 is 0.500 bits per heavy atom. The van der Waals surface area contributed by atoms with Gasteiger partial charge in [-0.3, -0.25) is 4.98 Å². The second kappa shape index (κ2) is 9.02. The topological polar surface area (TPSA) is 12.9 Å². The highest BCUT2D eigenvalue weighted by atomic mass is 14.7. The van der Waals surface area contributed by atoms with Gasteiger partial charge in [-0.2, -0.15) is 0 Å². The van der Waals surface area contributed by atoms with E-state index < -0.39 is 0 Å². The van der Waals surface area contributed by atoms with Crippen molar-refractivity contribution in [2.75, 3.05) is 0 Å². The van der Waals surface area contributed by atoms with E-state index in [1.165, 1.54) is 93.2 Å². The standard InChI is InChI=1S/C43H39N/c1-24-11-14-30-33(18-24)37(34-21-28(43(6,7)8)20-26-19-27(42(3,4)5)13-16-29(26)34)22-36-31-15-12-25(2)39-32-10-9-17-44-41(32)38(40(31)39)23-35(30)36/h9-23H,1-8H3. The number of hydrogen-bond donors (Lipinski definition) is 0. The van der Waals surface area contributed by atoms with Crippen molar-refractivity contribution in [3.63, 3.8) is 0 Å². The average molecular weight is 570 g/mol. The van der Waals surface area contributed by atoms with Gasteiger partial charge in [0, 0.05) is 17.3 Å². The van der Waals surface area contributed by atoms with Gasteiger partial charge in [0.05, 0.1) is 5.69 Å². The summed E-state index contributed by atoms with van der Waals surface area (Å²) in [4.78, 5) is 4.90. The smallest absolute Gasteiger partial charge is 0.0787 e. The minimum absolute atomic E-state index is 0.0226. The molecule has 1 aromatic heterocycles. The van der Waals surface area contributed by atoms with Crippen LogP contribution in [0.25, 0.3) is 76.6 Å². The van der Waals surface area contributed by atoms with Gasteiger partial charge in [0.2, 0.25) is 0 Å². The number of aryl methyl sites for hydroxylation is 2. The molecule has 0 radical (unpaired) electrons. The summed E-state index contributed by atoms with van der Waals surface area (Å²) in [5, 5.41) is 10.5. The summed E-state index contributed by atoms with van der Waals surface area (Å²) in [5.41, 5.74) is 13.0. The van der Waals surface area contributed by atoms with Crippen LogP contribution in [0.1, 0.15) is 63.8 Å². The van der Waals surface area contributed by atoms with Gasteiger partial charge in [0.15, 0.2) is 0 Å². The minimum Gasteiger partial charge on any atom is -0.256 e. The van der Waals surface area contributed by atoms with E-state index in [-0.39, 0.29) is 10.8 Å². The molecule has 1 nitrogen and oxygen atoms in total. The van der Waals surface area contributed by atoms with E-state index in [0.717, 1.165) is 5.69 Å². The lowest BCUT2D eigenvalue weighted by Gasteiger charge is -2.24. The first-order valence-corrected chi connectivity index (χ1v) is 15.9. The molecule has 1 heterocycles. The van der Waals surface area contributed by atoms with Crippen LogP contribution < -0.4 is 0 Å². The fourth-order valence-electron chi connectivity index (χ4n) is 7.44. The Kier molecular flexibility index (Phi) is 5.55. The molecule has 0 fully saturated rings. The van der Waals surface area contributed by atoms with E-state index in [0.29, 0.717) is 0 Å². The van der Waals surface area contributed by atoms with Crippen molar-refractivity contribution in [2.45, 2.75) is 66.2 Å². The minimum atomic E-state index is 0.0226. The molecule has 0 bridgehead atoms. The first-order chi connectivity index (χ1) is 20.9. The van der Waals surface area contributed by atoms with Crippen molar-refractivity contribution in [1.82, 2.24) is 4.98 Å². The molecule has 0 amide bonds. The van der Waals surface area contributed by atoms with Crippen molar-refractivity contribution in [3.8, 4) is 33.5 Å². The highest BCUT2D eigenvalue weighted by Gasteiger charge is 2.27. The Hall–Kier alpha value is -4.49. The number of aromatic nitrogens is 1. The molecule has 1 heteroatoms. The summed E-state index contributed by atoms with van der Waals surface area (Å²) in [5.74, 6) is 0. The van der Waals surface area contributed by atoms with Crippen molar-refractivity contribution >= 4 is 43.1 Å².